The summed E-state index contributed by atoms with van der Waals surface area (Å²) in [6.07, 6.45) is 4.28. The molecule has 0 saturated carbocycles. The Bertz CT molecular complexity index is 620. The lowest BCUT2D eigenvalue weighted by Crippen LogP contribution is -1.99. The number of sulfone groups is 1. The van der Waals surface area contributed by atoms with Crippen LogP contribution in [0.1, 0.15) is 0 Å². The van der Waals surface area contributed by atoms with Crippen molar-refractivity contribution in [3.8, 4) is 0 Å². The van der Waals surface area contributed by atoms with Crippen molar-refractivity contribution in [1.29, 1.82) is 0 Å². The Morgan fingerprint density at radius 1 is 1.20 bits per heavy atom. The van der Waals surface area contributed by atoms with Gasteiger partial charge in [0.1, 0.15) is 0 Å². The van der Waals surface area contributed by atoms with Crippen molar-refractivity contribution in [1.82, 2.24) is 4.98 Å². The van der Waals surface area contributed by atoms with Crippen LogP contribution in [0.3, 0.4) is 0 Å². The van der Waals surface area contributed by atoms with Crippen LogP contribution >= 0.6 is 0 Å². The molecule has 2 aromatic rings. The monoisotopic (exact) mass is 222 g/mol. The van der Waals surface area contributed by atoms with Gasteiger partial charge in [0, 0.05) is 35.1 Å². The van der Waals surface area contributed by atoms with Crippen molar-refractivity contribution < 1.29 is 8.42 Å². The lowest BCUT2D eigenvalue weighted by atomic mass is 10.1. The number of hydrogen-bond donors (Lipinski definition) is 1. The number of nitrogen functional groups attached to an aromatic ring is 1. The van der Waals surface area contributed by atoms with Gasteiger partial charge in [-0.15, -0.1) is 0 Å². The molecular weight excluding hydrogens is 212 g/mol. The molecule has 0 atom stereocenters. The van der Waals surface area contributed by atoms with Gasteiger partial charge in [0.25, 0.3) is 0 Å². The maximum Gasteiger partial charge on any atom is 0.176 e. The second-order valence-corrected chi connectivity index (χ2v) is 5.33. The summed E-state index contributed by atoms with van der Waals surface area (Å²) in [7, 11) is -3.24. The minimum Gasteiger partial charge on any atom is -0.398 e. The van der Waals surface area contributed by atoms with Crippen LogP contribution in [0.5, 0.6) is 0 Å². The molecule has 78 valence electrons. The number of hydrogen-bond acceptors (Lipinski definition) is 4. The van der Waals surface area contributed by atoms with Crippen molar-refractivity contribution >= 4 is 26.3 Å². The van der Waals surface area contributed by atoms with Crippen molar-refractivity contribution in [2.24, 2.45) is 0 Å². The van der Waals surface area contributed by atoms with E-state index in [2.05, 4.69) is 4.98 Å². The first kappa shape index (κ1) is 9.92. The predicted molar refractivity (Wildman–Crippen MR) is 59.3 cm³/mol. The third-order valence-electron chi connectivity index (χ3n) is 2.21. The number of aromatic nitrogens is 1. The van der Waals surface area contributed by atoms with Gasteiger partial charge in [-0.05, 0) is 18.2 Å². The molecule has 1 aromatic heterocycles. The summed E-state index contributed by atoms with van der Waals surface area (Å²) in [6.45, 7) is 0. The highest BCUT2D eigenvalue weighted by Gasteiger charge is 2.12. The fourth-order valence-corrected chi connectivity index (χ4v) is 2.39. The molecule has 0 spiro atoms. The number of pyridine rings is 1. The predicted octanol–water partition coefficient (Wildman–Crippen LogP) is 1.22. The van der Waals surface area contributed by atoms with E-state index >= 15 is 0 Å². The number of anilines is 1. The van der Waals surface area contributed by atoms with E-state index in [4.69, 9.17) is 5.73 Å². The van der Waals surface area contributed by atoms with Crippen molar-refractivity contribution in [3.63, 3.8) is 0 Å². The van der Waals surface area contributed by atoms with Gasteiger partial charge in [0.05, 0.1) is 4.90 Å². The van der Waals surface area contributed by atoms with Gasteiger partial charge < -0.3 is 5.73 Å². The Balaban J connectivity index is 2.96. The number of rotatable bonds is 1. The highest BCUT2D eigenvalue weighted by molar-refractivity contribution is 7.91. The van der Waals surface area contributed by atoms with Gasteiger partial charge in [0.2, 0.25) is 0 Å². The zero-order valence-electron chi connectivity index (χ0n) is 8.14. The molecule has 0 radical (unpaired) electrons. The molecule has 0 saturated heterocycles. The van der Waals surface area contributed by atoms with Crippen LogP contribution in [0.2, 0.25) is 0 Å². The van der Waals surface area contributed by atoms with Gasteiger partial charge >= 0.3 is 0 Å². The molecule has 1 aromatic carbocycles. The summed E-state index contributed by atoms with van der Waals surface area (Å²) in [6, 6.07) is 4.81. The fourth-order valence-electron chi connectivity index (χ4n) is 1.51. The summed E-state index contributed by atoms with van der Waals surface area (Å²) in [5, 5.41) is 1.29. The topological polar surface area (TPSA) is 73.0 Å². The zero-order chi connectivity index (χ0) is 11.1. The summed E-state index contributed by atoms with van der Waals surface area (Å²) >= 11 is 0. The second-order valence-electron chi connectivity index (χ2n) is 3.35. The normalized spacial score (nSPS) is 11.8. The standard InChI is InChI=1S/C10H10N2O2S/c1-15(13,14)10-3-2-9(11)7-4-5-12-6-8(7)10/h2-6H,11H2,1H3. The second kappa shape index (κ2) is 3.20. The first-order chi connectivity index (χ1) is 7.00. The molecule has 0 bridgehead atoms. The molecule has 4 nitrogen and oxygen atoms in total. The molecule has 0 amide bonds. The molecule has 2 N–H and O–H groups in total. The van der Waals surface area contributed by atoms with Gasteiger partial charge in [-0.1, -0.05) is 0 Å². The molecule has 2 rings (SSSR count). The van der Waals surface area contributed by atoms with Crippen LogP contribution in [0.4, 0.5) is 5.69 Å². The smallest absolute Gasteiger partial charge is 0.176 e. The largest absolute Gasteiger partial charge is 0.398 e. The Morgan fingerprint density at radius 2 is 1.93 bits per heavy atom. The molecule has 0 aliphatic rings. The average Bonchev–Trinajstić information content (AvgIpc) is 2.17. The fraction of sp³-hybridized carbons (Fsp3) is 0.100. The summed E-state index contributed by atoms with van der Waals surface area (Å²) in [5.74, 6) is 0. The molecule has 0 aliphatic carbocycles. The van der Waals surface area contributed by atoms with Gasteiger partial charge in [-0.2, -0.15) is 0 Å². The van der Waals surface area contributed by atoms with Crippen LogP contribution in [-0.4, -0.2) is 19.7 Å². The summed E-state index contributed by atoms with van der Waals surface area (Å²) in [5.41, 5.74) is 6.30. The first-order valence-corrected chi connectivity index (χ1v) is 6.21. The van der Waals surface area contributed by atoms with E-state index in [-0.39, 0.29) is 4.90 Å². The molecule has 0 aliphatic heterocycles. The minimum absolute atomic E-state index is 0.264. The number of nitrogens with zero attached hydrogens (tertiary/aromatic N) is 1. The van der Waals surface area contributed by atoms with Gasteiger partial charge in [-0.3, -0.25) is 4.98 Å². The highest BCUT2D eigenvalue weighted by Crippen LogP contribution is 2.26. The Kier molecular flexibility index (Phi) is 2.12. The molecular formula is C10H10N2O2S. The maximum atomic E-state index is 11.5. The van der Waals surface area contributed by atoms with Crippen molar-refractivity contribution in [2.45, 2.75) is 4.90 Å². The van der Waals surface area contributed by atoms with Crippen LogP contribution in [0, 0.1) is 0 Å². The van der Waals surface area contributed by atoms with Crippen LogP contribution < -0.4 is 5.73 Å². The van der Waals surface area contributed by atoms with Gasteiger partial charge in [0.15, 0.2) is 9.84 Å². The molecule has 0 unspecified atom stereocenters. The van der Waals surface area contributed by atoms with Crippen molar-refractivity contribution in [3.05, 3.63) is 30.6 Å². The van der Waals surface area contributed by atoms with Crippen LogP contribution in [-0.2, 0) is 9.84 Å². The quantitative estimate of drug-likeness (QED) is 0.736. The van der Waals surface area contributed by atoms with E-state index in [0.29, 0.717) is 16.5 Å². The Morgan fingerprint density at radius 3 is 2.60 bits per heavy atom. The molecule has 15 heavy (non-hydrogen) atoms. The highest BCUT2D eigenvalue weighted by atomic mass is 32.2. The minimum atomic E-state index is -3.24. The zero-order valence-corrected chi connectivity index (χ0v) is 8.95. The lowest BCUT2D eigenvalue weighted by Gasteiger charge is -2.06. The van der Waals surface area contributed by atoms with Crippen LogP contribution in [0.25, 0.3) is 10.8 Å². The number of benzene rings is 1. The van der Waals surface area contributed by atoms with E-state index in [1.165, 1.54) is 18.5 Å². The van der Waals surface area contributed by atoms with Crippen molar-refractivity contribution in [2.75, 3.05) is 12.0 Å². The average molecular weight is 222 g/mol. The van der Waals surface area contributed by atoms with E-state index in [1.54, 1.807) is 18.3 Å². The first-order valence-electron chi connectivity index (χ1n) is 4.32. The maximum absolute atomic E-state index is 11.5. The third kappa shape index (κ3) is 1.66. The molecule has 5 heteroatoms. The molecule has 0 fully saturated rings. The number of fused-ring (bicyclic) bond motifs is 1. The molecule has 1 heterocycles. The van der Waals surface area contributed by atoms with Gasteiger partial charge in [-0.25, -0.2) is 8.42 Å². The lowest BCUT2D eigenvalue weighted by molar-refractivity contribution is 0.602. The van der Waals surface area contributed by atoms with E-state index < -0.39 is 9.84 Å². The Hall–Kier alpha value is -1.62. The van der Waals surface area contributed by atoms with Crippen LogP contribution in [0.15, 0.2) is 35.5 Å². The Labute approximate surface area is 87.7 Å². The van der Waals surface area contributed by atoms with E-state index in [0.717, 1.165) is 0 Å². The van der Waals surface area contributed by atoms with E-state index in [9.17, 15) is 8.42 Å². The number of nitrogens with two attached hydrogens (primary N) is 1. The SMILES string of the molecule is CS(=O)(=O)c1ccc(N)c2ccncc12. The summed E-state index contributed by atoms with van der Waals surface area (Å²) < 4.78 is 23.0. The van der Waals surface area contributed by atoms with E-state index in [1.807, 2.05) is 0 Å². The third-order valence-corrected chi connectivity index (χ3v) is 3.37. The summed E-state index contributed by atoms with van der Waals surface area (Å²) in [4.78, 5) is 4.17.